The Kier molecular flexibility index (Phi) is 4.80. The first-order chi connectivity index (χ1) is 8.70. The Morgan fingerprint density at radius 1 is 1.39 bits per heavy atom. The average molecular weight is 313 g/mol. The largest absolute Gasteiger partial charge is 0.369 e. The van der Waals surface area contributed by atoms with Crippen molar-refractivity contribution in [3.8, 4) is 0 Å². The molecule has 1 saturated carbocycles. The maximum Gasteiger partial charge on any atom is 0.224 e. The van der Waals surface area contributed by atoms with Crippen LogP contribution in [0.25, 0.3) is 0 Å². The van der Waals surface area contributed by atoms with Gasteiger partial charge < -0.3 is 10.6 Å². The molecule has 0 aliphatic heterocycles. The minimum Gasteiger partial charge on any atom is -0.369 e. The van der Waals surface area contributed by atoms with Gasteiger partial charge in [0.1, 0.15) is 5.82 Å². The molecule has 0 radical (unpaired) electrons. The molecule has 4 nitrogen and oxygen atoms in total. The van der Waals surface area contributed by atoms with E-state index in [0.29, 0.717) is 5.95 Å². The van der Waals surface area contributed by atoms with Crippen LogP contribution < -0.4 is 10.6 Å². The van der Waals surface area contributed by atoms with Crippen LogP contribution in [0.2, 0.25) is 0 Å². The standard InChI is InChI=1S/C13H21BrN4/c1-9-5-3-4-6-10(9)7-16-12-11(14)8-17-13(15-2)18-12/h8-10H,3-7H2,1-2H3,(H2,15,16,17,18). The molecule has 2 N–H and O–H groups in total. The number of nitrogens with one attached hydrogen (secondary N) is 2. The smallest absolute Gasteiger partial charge is 0.224 e. The van der Waals surface area contributed by atoms with Gasteiger partial charge in [0.05, 0.1) is 4.47 Å². The van der Waals surface area contributed by atoms with Gasteiger partial charge in [-0.15, -0.1) is 0 Å². The van der Waals surface area contributed by atoms with Gasteiger partial charge in [0.2, 0.25) is 5.95 Å². The second kappa shape index (κ2) is 6.36. The number of rotatable bonds is 4. The summed E-state index contributed by atoms with van der Waals surface area (Å²) in [5.74, 6) is 3.11. The van der Waals surface area contributed by atoms with Crippen molar-refractivity contribution >= 4 is 27.7 Å². The summed E-state index contributed by atoms with van der Waals surface area (Å²) in [5.41, 5.74) is 0. The number of hydrogen-bond acceptors (Lipinski definition) is 4. The van der Waals surface area contributed by atoms with E-state index in [2.05, 4.69) is 43.5 Å². The molecule has 0 aromatic carbocycles. The molecule has 1 aromatic heterocycles. The lowest BCUT2D eigenvalue weighted by Crippen LogP contribution is -2.24. The molecule has 1 fully saturated rings. The zero-order valence-corrected chi connectivity index (χ0v) is 12.6. The Morgan fingerprint density at radius 3 is 2.89 bits per heavy atom. The second-order valence-corrected chi connectivity index (χ2v) is 5.90. The molecular weight excluding hydrogens is 292 g/mol. The molecule has 0 bridgehead atoms. The maximum atomic E-state index is 4.42. The number of aromatic nitrogens is 2. The van der Waals surface area contributed by atoms with Crippen molar-refractivity contribution in [3.63, 3.8) is 0 Å². The number of anilines is 2. The van der Waals surface area contributed by atoms with Crippen molar-refractivity contribution < 1.29 is 0 Å². The fourth-order valence-electron chi connectivity index (χ4n) is 2.54. The summed E-state index contributed by atoms with van der Waals surface area (Å²) < 4.78 is 0.921. The van der Waals surface area contributed by atoms with E-state index in [4.69, 9.17) is 0 Å². The number of nitrogens with zero attached hydrogens (tertiary/aromatic N) is 2. The summed E-state index contributed by atoms with van der Waals surface area (Å²) in [4.78, 5) is 8.58. The van der Waals surface area contributed by atoms with Gasteiger partial charge in [-0.2, -0.15) is 4.98 Å². The van der Waals surface area contributed by atoms with E-state index in [1.807, 2.05) is 7.05 Å². The highest BCUT2D eigenvalue weighted by atomic mass is 79.9. The van der Waals surface area contributed by atoms with E-state index in [1.54, 1.807) is 6.20 Å². The van der Waals surface area contributed by atoms with Crippen LogP contribution in [0.3, 0.4) is 0 Å². The highest BCUT2D eigenvalue weighted by Gasteiger charge is 2.21. The van der Waals surface area contributed by atoms with Gasteiger partial charge in [-0.25, -0.2) is 4.98 Å². The summed E-state index contributed by atoms with van der Waals surface area (Å²) in [5, 5.41) is 6.41. The first kappa shape index (κ1) is 13.6. The minimum atomic E-state index is 0.650. The first-order valence-electron chi connectivity index (χ1n) is 6.65. The van der Waals surface area contributed by atoms with Crippen LogP contribution in [0, 0.1) is 11.8 Å². The molecule has 2 rings (SSSR count). The Morgan fingerprint density at radius 2 is 2.17 bits per heavy atom. The van der Waals surface area contributed by atoms with Gasteiger partial charge in [-0.05, 0) is 34.2 Å². The predicted octanol–water partition coefficient (Wildman–Crippen LogP) is 3.52. The molecule has 100 valence electrons. The van der Waals surface area contributed by atoms with Gasteiger partial charge >= 0.3 is 0 Å². The van der Waals surface area contributed by atoms with Crippen molar-refractivity contribution in [1.29, 1.82) is 0 Å². The SMILES string of the molecule is CNc1ncc(Br)c(NCC2CCCCC2C)n1. The lowest BCUT2D eigenvalue weighted by atomic mass is 9.80. The normalized spacial score (nSPS) is 23.7. The Balaban J connectivity index is 1.96. The molecule has 1 aromatic rings. The molecule has 0 amide bonds. The third-order valence-corrected chi connectivity index (χ3v) is 4.37. The first-order valence-corrected chi connectivity index (χ1v) is 7.44. The fraction of sp³-hybridized carbons (Fsp3) is 0.692. The van der Waals surface area contributed by atoms with Gasteiger partial charge in [-0.1, -0.05) is 26.2 Å². The zero-order valence-electron chi connectivity index (χ0n) is 11.0. The fourth-order valence-corrected chi connectivity index (χ4v) is 2.87. The van der Waals surface area contributed by atoms with Crippen LogP contribution in [0.15, 0.2) is 10.7 Å². The van der Waals surface area contributed by atoms with Crippen LogP contribution in [0.1, 0.15) is 32.6 Å². The topological polar surface area (TPSA) is 49.8 Å². The molecule has 18 heavy (non-hydrogen) atoms. The van der Waals surface area contributed by atoms with E-state index < -0.39 is 0 Å². The van der Waals surface area contributed by atoms with Gasteiger partial charge in [0.25, 0.3) is 0 Å². The van der Waals surface area contributed by atoms with E-state index >= 15 is 0 Å². The number of halogens is 1. The van der Waals surface area contributed by atoms with Gasteiger partial charge in [-0.3, -0.25) is 0 Å². The van der Waals surface area contributed by atoms with Crippen LogP contribution in [-0.4, -0.2) is 23.6 Å². The summed E-state index contributed by atoms with van der Waals surface area (Å²) in [6.07, 6.45) is 7.22. The summed E-state index contributed by atoms with van der Waals surface area (Å²) >= 11 is 3.48. The summed E-state index contributed by atoms with van der Waals surface area (Å²) in [7, 11) is 1.83. The van der Waals surface area contributed by atoms with Crippen LogP contribution in [0.5, 0.6) is 0 Å². The van der Waals surface area contributed by atoms with Crippen molar-refractivity contribution in [1.82, 2.24) is 9.97 Å². The van der Waals surface area contributed by atoms with E-state index in [0.717, 1.165) is 28.7 Å². The predicted molar refractivity (Wildman–Crippen MR) is 78.9 cm³/mol. The Labute approximate surface area is 117 Å². The Bertz CT molecular complexity index is 397. The van der Waals surface area contributed by atoms with E-state index in [1.165, 1.54) is 25.7 Å². The maximum absolute atomic E-state index is 4.42. The van der Waals surface area contributed by atoms with Crippen LogP contribution in [-0.2, 0) is 0 Å². The lowest BCUT2D eigenvalue weighted by molar-refractivity contribution is 0.268. The quantitative estimate of drug-likeness (QED) is 0.893. The molecule has 1 aliphatic carbocycles. The van der Waals surface area contributed by atoms with E-state index in [-0.39, 0.29) is 0 Å². The third kappa shape index (κ3) is 3.34. The molecule has 2 unspecified atom stereocenters. The average Bonchev–Trinajstić information content (AvgIpc) is 2.39. The number of hydrogen-bond donors (Lipinski definition) is 2. The molecule has 1 heterocycles. The van der Waals surface area contributed by atoms with Crippen molar-refractivity contribution in [3.05, 3.63) is 10.7 Å². The highest BCUT2D eigenvalue weighted by Crippen LogP contribution is 2.30. The molecule has 0 spiro atoms. The van der Waals surface area contributed by atoms with Crippen molar-refractivity contribution in [2.45, 2.75) is 32.6 Å². The van der Waals surface area contributed by atoms with E-state index in [9.17, 15) is 0 Å². The van der Waals surface area contributed by atoms with Gasteiger partial charge in [0.15, 0.2) is 0 Å². The van der Waals surface area contributed by atoms with Crippen LogP contribution in [0.4, 0.5) is 11.8 Å². The van der Waals surface area contributed by atoms with Gasteiger partial charge in [0, 0.05) is 19.8 Å². The molecule has 0 saturated heterocycles. The van der Waals surface area contributed by atoms with Crippen LogP contribution >= 0.6 is 15.9 Å². The van der Waals surface area contributed by atoms with Crippen molar-refractivity contribution in [2.24, 2.45) is 11.8 Å². The molecule has 5 heteroatoms. The summed E-state index contributed by atoms with van der Waals surface area (Å²) in [6.45, 7) is 3.36. The molecule has 1 aliphatic rings. The van der Waals surface area contributed by atoms with Crippen molar-refractivity contribution in [2.75, 3.05) is 24.2 Å². The second-order valence-electron chi connectivity index (χ2n) is 5.04. The monoisotopic (exact) mass is 312 g/mol. The summed E-state index contributed by atoms with van der Waals surface area (Å²) in [6, 6.07) is 0. The zero-order chi connectivity index (χ0) is 13.0. The third-order valence-electron chi connectivity index (χ3n) is 3.79. The minimum absolute atomic E-state index is 0.650. The molecular formula is C13H21BrN4. The Hall–Kier alpha value is -0.840. The highest BCUT2D eigenvalue weighted by molar-refractivity contribution is 9.10. The lowest BCUT2D eigenvalue weighted by Gasteiger charge is -2.29. The molecule has 2 atom stereocenters.